The van der Waals surface area contributed by atoms with Gasteiger partial charge in [0.1, 0.15) is 5.75 Å². The molecule has 2 atom stereocenters. The number of anilines is 1. The first-order valence-electron chi connectivity index (χ1n) is 7.55. The van der Waals surface area contributed by atoms with Crippen LogP contribution in [-0.4, -0.2) is 37.7 Å². The first kappa shape index (κ1) is 14.1. The Balaban J connectivity index is 1.83. The Morgan fingerprint density at radius 2 is 2.05 bits per heavy atom. The van der Waals surface area contributed by atoms with E-state index in [0.717, 1.165) is 38.3 Å². The molecule has 6 heteroatoms. The molecule has 3 rings (SSSR count). The summed E-state index contributed by atoms with van der Waals surface area (Å²) in [4.78, 5) is 13.0. The van der Waals surface area contributed by atoms with Crippen molar-refractivity contribution in [2.45, 2.75) is 13.3 Å². The Kier molecular flexibility index (Phi) is 3.96. The van der Waals surface area contributed by atoms with Crippen LogP contribution in [0, 0.1) is 22.0 Å². The van der Waals surface area contributed by atoms with Crippen molar-refractivity contribution in [1.29, 1.82) is 0 Å². The smallest absolute Gasteiger partial charge is 0.275 e. The zero-order valence-corrected chi connectivity index (χ0v) is 12.2. The van der Waals surface area contributed by atoms with Crippen LogP contribution >= 0.6 is 0 Å². The summed E-state index contributed by atoms with van der Waals surface area (Å²) in [6.07, 6.45) is 0.886. The minimum Gasteiger partial charge on any atom is -0.493 e. The molecule has 1 aromatic carbocycles. The van der Waals surface area contributed by atoms with Crippen molar-refractivity contribution in [3.8, 4) is 5.75 Å². The van der Waals surface area contributed by atoms with Gasteiger partial charge in [0, 0.05) is 44.0 Å². The molecule has 1 aromatic rings. The van der Waals surface area contributed by atoms with Gasteiger partial charge in [0.15, 0.2) is 0 Å². The van der Waals surface area contributed by atoms with Gasteiger partial charge in [-0.1, -0.05) is 6.92 Å². The molecular weight excluding hydrogens is 270 g/mol. The molecule has 1 N–H and O–H groups in total. The Hall–Kier alpha value is -1.82. The van der Waals surface area contributed by atoms with Crippen LogP contribution in [0.2, 0.25) is 0 Å². The van der Waals surface area contributed by atoms with Crippen LogP contribution in [0.1, 0.15) is 13.3 Å². The highest BCUT2D eigenvalue weighted by atomic mass is 16.6. The maximum Gasteiger partial charge on any atom is 0.275 e. The molecule has 0 saturated carbocycles. The number of benzene rings is 1. The lowest BCUT2D eigenvalue weighted by Gasteiger charge is -2.20. The molecule has 0 unspecified atom stereocenters. The number of rotatable bonds is 5. The minimum atomic E-state index is -0.346. The lowest BCUT2D eigenvalue weighted by Crippen LogP contribution is -2.25. The molecule has 2 aliphatic rings. The molecule has 0 aliphatic carbocycles. The summed E-state index contributed by atoms with van der Waals surface area (Å²) in [5.41, 5.74) is 1.01. The monoisotopic (exact) mass is 291 g/mol. The van der Waals surface area contributed by atoms with Gasteiger partial charge >= 0.3 is 0 Å². The third-order valence-electron chi connectivity index (χ3n) is 4.31. The van der Waals surface area contributed by atoms with Crippen LogP contribution < -0.4 is 15.0 Å². The van der Waals surface area contributed by atoms with E-state index in [4.69, 9.17) is 4.74 Å². The van der Waals surface area contributed by atoms with E-state index in [2.05, 4.69) is 10.2 Å². The Morgan fingerprint density at radius 1 is 1.33 bits per heavy atom. The van der Waals surface area contributed by atoms with E-state index in [0.29, 0.717) is 24.2 Å². The normalized spacial score (nSPS) is 24.1. The summed E-state index contributed by atoms with van der Waals surface area (Å²) in [7, 11) is 0. The number of nitrogens with zero attached hydrogens (tertiary/aromatic N) is 2. The fourth-order valence-electron chi connectivity index (χ4n) is 3.23. The fraction of sp³-hybridized carbons (Fsp3) is 0.600. The third kappa shape index (κ3) is 2.95. The number of nitrogens with one attached hydrogen (secondary N) is 1. The molecule has 0 radical (unpaired) electrons. The predicted molar refractivity (Wildman–Crippen MR) is 80.9 cm³/mol. The maximum absolute atomic E-state index is 11.1. The summed E-state index contributed by atoms with van der Waals surface area (Å²) in [6.45, 7) is 6.63. The number of fused-ring (bicyclic) bond motifs is 1. The van der Waals surface area contributed by atoms with Crippen molar-refractivity contribution >= 4 is 11.4 Å². The van der Waals surface area contributed by atoms with E-state index in [1.165, 1.54) is 6.07 Å². The standard InChI is InChI=1S/C15H21N3O3/c1-2-3-21-15-5-13(4-14(6-15)18(19)20)17-9-11-7-16-8-12(11)10-17/h4-6,11-12,16H,2-3,7-10H2,1H3/t11-,12+. The van der Waals surface area contributed by atoms with Gasteiger partial charge in [-0.15, -0.1) is 0 Å². The summed E-state index contributed by atoms with van der Waals surface area (Å²) in [5.74, 6) is 1.91. The molecule has 21 heavy (non-hydrogen) atoms. The van der Waals surface area contributed by atoms with Crippen molar-refractivity contribution in [3.05, 3.63) is 28.3 Å². The number of non-ortho nitro benzene ring substituents is 1. The van der Waals surface area contributed by atoms with Gasteiger partial charge < -0.3 is 15.0 Å². The van der Waals surface area contributed by atoms with Crippen LogP contribution in [0.15, 0.2) is 18.2 Å². The predicted octanol–water partition coefficient (Wildman–Crippen LogP) is 2.04. The van der Waals surface area contributed by atoms with Crippen LogP contribution in [0.4, 0.5) is 11.4 Å². The van der Waals surface area contributed by atoms with E-state index in [-0.39, 0.29) is 10.6 Å². The van der Waals surface area contributed by atoms with E-state index >= 15 is 0 Å². The van der Waals surface area contributed by atoms with E-state index in [9.17, 15) is 10.1 Å². The molecular formula is C15H21N3O3. The molecule has 6 nitrogen and oxygen atoms in total. The van der Waals surface area contributed by atoms with Gasteiger partial charge in [-0.05, 0) is 18.3 Å². The molecule has 0 amide bonds. The zero-order chi connectivity index (χ0) is 14.8. The number of nitro groups is 1. The van der Waals surface area contributed by atoms with Gasteiger partial charge in [0.05, 0.1) is 17.6 Å². The summed E-state index contributed by atoms with van der Waals surface area (Å²) >= 11 is 0. The fourth-order valence-corrected chi connectivity index (χ4v) is 3.23. The number of ether oxygens (including phenoxy) is 1. The molecule has 2 saturated heterocycles. The second-order valence-electron chi connectivity index (χ2n) is 5.87. The maximum atomic E-state index is 11.1. The lowest BCUT2D eigenvalue weighted by atomic mass is 10.0. The second kappa shape index (κ2) is 5.89. The number of hydrogen-bond acceptors (Lipinski definition) is 5. The molecule has 0 spiro atoms. The number of hydrogen-bond donors (Lipinski definition) is 1. The lowest BCUT2D eigenvalue weighted by molar-refractivity contribution is -0.384. The van der Waals surface area contributed by atoms with Crippen molar-refractivity contribution in [3.63, 3.8) is 0 Å². The number of nitro benzene ring substituents is 1. The van der Waals surface area contributed by atoms with Crippen molar-refractivity contribution < 1.29 is 9.66 Å². The molecule has 2 fully saturated rings. The van der Waals surface area contributed by atoms with Crippen molar-refractivity contribution in [2.75, 3.05) is 37.7 Å². The van der Waals surface area contributed by atoms with Crippen molar-refractivity contribution in [2.24, 2.45) is 11.8 Å². The van der Waals surface area contributed by atoms with E-state index in [1.807, 2.05) is 13.0 Å². The molecule has 2 aliphatic heterocycles. The quantitative estimate of drug-likeness (QED) is 0.664. The van der Waals surface area contributed by atoms with E-state index in [1.54, 1.807) is 6.07 Å². The summed E-state index contributed by atoms with van der Waals surface area (Å²) < 4.78 is 5.60. The summed E-state index contributed by atoms with van der Waals surface area (Å²) in [5, 5.41) is 14.5. The zero-order valence-electron chi connectivity index (χ0n) is 12.2. The summed E-state index contributed by atoms with van der Waals surface area (Å²) in [6, 6.07) is 5.10. The van der Waals surface area contributed by atoms with Gasteiger partial charge in [0.2, 0.25) is 0 Å². The second-order valence-corrected chi connectivity index (χ2v) is 5.87. The molecule has 0 bridgehead atoms. The Bertz CT molecular complexity index is 523. The van der Waals surface area contributed by atoms with Gasteiger partial charge in [-0.25, -0.2) is 0 Å². The topological polar surface area (TPSA) is 67.6 Å². The minimum absolute atomic E-state index is 0.105. The van der Waals surface area contributed by atoms with Gasteiger partial charge in [-0.3, -0.25) is 10.1 Å². The van der Waals surface area contributed by atoms with Crippen LogP contribution in [0.3, 0.4) is 0 Å². The first-order chi connectivity index (χ1) is 10.2. The average molecular weight is 291 g/mol. The highest BCUT2D eigenvalue weighted by molar-refractivity contribution is 5.58. The largest absolute Gasteiger partial charge is 0.493 e. The van der Waals surface area contributed by atoms with Crippen LogP contribution in [-0.2, 0) is 0 Å². The third-order valence-corrected chi connectivity index (χ3v) is 4.31. The van der Waals surface area contributed by atoms with Crippen molar-refractivity contribution in [1.82, 2.24) is 5.32 Å². The highest BCUT2D eigenvalue weighted by Crippen LogP contribution is 2.34. The molecule has 114 valence electrons. The average Bonchev–Trinajstić information content (AvgIpc) is 3.05. The van der Waals surface area contributed by atoms with Gasteiger partial charge in [0.25, 0.3) is 5.69 Å². The first-order valence-corrected chi connectivity index (χ1v) is 7.55. The molecule has 2 heterocycles. The van der Waals surface area contributed by atoms with Gasteiger partial charge in [-0.2, -0.15) is 0 Å². The molecule has 0 aromatic heterocycles. The SMILES string of the molecule is CCCOc1cc(N2C[C@H]3CNC[C@H]3C2)cc([N+](=O)[O-])c1. The van der Waals surface area contributed by atoms with Crippen LogP contribution in [0.25, 0.3) is 0 Å². The van der Waals surface area contributed by atoms with E-state index < -0.39 is 0 Å². The Labute approximate surface area is 124 Å². The Morgan fingerprint density at radius 3 is 2.67 bits per heavy atom. The highest BCUT2D eigenvalue weighted by Gasteiger charge is 2.36. The van der Waals surface area contributed by atoms with Crippen LogP contribution in [0.5, 0.6) is 5.75 Å².